The SMILES string of the molecule is CC1(C)C(C#N)=C(SCC(=O)NCC23CC4CC(CC(C4)C2)C3)NC(=O)[C@H]1C#N. The van der Waals surface area contributed by atoms with Crippen LogP contribution in [0, 0.1) is 57.2 Å². The first kappa shape index (κ1) is 20.3. The van der Waals surface area contributed by atoms with Crippen LogP contribution in [0.15, 0.2) is 10.6 Å². The third kappa shape index (κ3) is 3.66. The number of rotatable bonds is 5. The normalized spacial score (nSPS) is 36.9. The zero-order valence-corrected chi connectivity index (χ0v) is 17.9. The van der Waals surface area contributed by atoms with Crippen molar-refractivity contribution < 1.29 is 9.59 Å². The van der Waals surface area contributed by atoms with E-state index in [1.165, 1.54) is 50.3 Å². The first-order chi connectivity index (χ1) is 13.8. The van der Waals surface area contributed by atoms with Gasteiger partial charge in [-0.1, -0.05) is 25.6 Å². The van der Waals surface area contributed by atoms with Crippen molar-refractivity contribution in [1.82, 2.24) is 10.6 Å². The van der Waals surface area contributed by atoms with E-state index >= 15 is 0 Å². The number of nitrogens with zero attached hydrogens (tertiary/aromatic N) is 2. The third-order valence-electron chi connectivity index (χ3n) is 7.51. The van der Waals surface area contributed by atoms with Gasteiger partial charge in [-0.25, -0.2) is 0 Å². The monoisotopic (exact) mass is 412 g/mol. The summed E-state index contributed by atoms with van der Waals surface area (Å²) in [6.07, 6.45) is 7.88. The van der Waals surface area contributed by atoms with Crippen molar-refractivity contribution in [2.45, 2.75) is 52.4 Å². The summed E-state index contributed by atoms with van der Waals surface area (Å²) < 4.78 is 0. The molecule has 1 heterocycles. The molecule has 0 aromatic rings. The number of hydrogen-bond donors (Lipinski definition) is 2. The van der Waals surface area contributed by atoms with Crippen molar-refractivity contribution in [3.05, 3.63) is 10.6 Å². The fourth-order valence-corrected chi connectivity index (χ4v) is 7.52. The van der Waals surface area contributed by atoms with Gasteiger partial charge in [0.05, 0.1) is 28.5 Å². The number of allylic oxidation sites excluding steroid dienone is 1. The number of nitrogens with one attached hydrogen (secondary N) is 2. The maximum atomic E-state index is 12.5. The molecule has 0 radical (unpaired) electrons. The van der Waals surface area contributed by atoms with E-state index < -0.39 is 17.2 Å². The molecule has 2 N–H and O–H groups in total. The molecule has 1 aliphatic heterocycles. The summed E-state index contributed by atoms with van der Waals surface area (Å²) in [5.74, 6) is 1.32. The highest BCUT2D eigenvalue weighted by atomic mass is 32.2. The van der Waals surface area contributed by atoms with Crippen LogP contribution in [0.5, 0.6) is 0 Å². The van der Waals surface area contributed by atoms with Crippen molar-refractivity contribution in [3.8, 4) is 12.1 Å². The second-order valence-electron chi connectivity index (χ2n) is 10.1. The molecule has 5 aliphatic rings. The Balaban J connectivity index is 1.36. The van der Waals surface area contributed by atoms with E-state index in [0.29, 0.717) is 10.6 Å². The molecule has 4 saturated carbocycles. The first-order valence-corrected chi connectivity index (χ1v) is 11.5. The van der Waals surface area contributed by atoms with Crippen LogP contribution in [0.25, 0.3) is 0 Å². The predicted octanol–water partition coefficient (Wildman–Crippen LogP) is 3.08. The smallest absolute Gasteiger partial charge is 0.243 e. The topological polar surface area (TPSA) is 106 Å². The van der Waals surface area contributed by atoms with Gasteiger partial charge in [-0.2, -0.15) is 10.5 Å². The van der Waals surface area contributed by atoms with Crippen LogP contribution >= 0.6 is 11.8 Å². The molecule has 2 amide bonds. The standard InChI is InChI=1S/C22H28N4O2S/c1-21(2)16(9-23)19(28)26-20(17(21)10-24)29-11-18(27)25-12-22-6-13-3-14(7-22)5-15(4-13)8-22/h13-16H,3-8,11-12H2,1-2H3,(H,25,27)(H,26,28)/t13?,14?,15?,16-,22?/m1/s1. The summed E-state index contributed by atoms with van der Waals surface area (Å²) in [5.41, 5.74) is -0.223. The van der Waals surface area contributed by atoms with Gasteiger partial charge in [0.15, 0.2) is 0 Å². The van der Waals surface area contributed by atoms with Gasteiger partial charge >= 0.3 is 0 Å². The molecular formula is C22H28N4O2S. The number of carbonyl (C=O) groups is 2. The van der Waals surface area contributed by atoms with Crippen LogP contribution in [0.4, 0.5) is 0 Å². The molecule has 5 rings (SSSR count). The van der Waals surface area contributed by atoms with E-state index in [2.05, 4.69) is 16.7 Å². The fraction of sp³-hybridized carbons (Fsp3) is 0.727. The second kappa shape index (κ2) is 7.36. The van der Waals surface area contributed by atoms with Gasteiger partial charge in [-0.15, -0.1) is 0 Å². The average molecular weight is 413 g/mol. The summed E-state index contributed by atoms with van der Waals surface area (Å²) in [4.78, 5) is 24.8. The summed E-state index contributed by atoms with van der Waals surface area (Å²) >= 11 is 1.18. The Hall–Kier alpha value is -1.99. The highest BCUT2D eigenvalue weighted by Gasteiger charge is 2.50. The van der Waals surface area contributed by atoms with E-state index in [1.54, 1.807) is 13.8 Å². The summed E-state index contributed by atoms with van der Waals surface area (Å²) in [5, 5.41) is 25.1. The number of thioether (sulfide) groups is 1. The second-order valence-corrected chi connectivity index (χ2v) is 11.1. The van der Waals surface area contributed by atoms with Crippen molar-refractivity contribution in [2.75, 3.05) is 12.3 Å². The molecule has 0 saturated heterocycles. The van der Waals surface area contributed by atoms with E-state index in [9.17, 15) is 20.1 Å². The lowest BCUT2D eigenvalue weighted by atomic mass is 9.49. The maximum Gasteiger partial charge on any atom is 0.243 e. The van der Waals surface area contributed by atoms with Crippen molar-refractivity contribution in [1.29, 1.82) is 10.5 Å². The Labute approximate surface area is 176 Å². The summed E-state index contributed by atoms with van der Waals surface area (Å²) in [6.45, 7) is 4.20. The molecule has 0 spiro atoms. The largest absolute Gasteiger partial charge is 0.355 e. The van der Waals surface area contributed by atoms with Crippen LogP contribution in [0.3, 0.4) is 0 Å². The Morgan fingerprint density at radius 3 is 2.28 bits per heavy atom. The minimum absolute atomic E-state index is 0.0648. The Bertz CT molecular complexity index is 813. The Morgan fingerprint density at radius 1 is 1.17 bits per heavy atom. The Kier molecular flexibility index (Phi) is 5.15. The van der Waals surface area contributed by atoms with E-state index in [4.69, 9.17) is 0 Å². The molecule has 4 fully saturated rings. The zero-order chi connectivity index (χ0) is 20.8. The van der Waals surface area contributed by atoms with E-state index in [1.807, 2.05) is 6.07 Å². The lowest BCUT2D eigenvalue weighted by Crippen LogP contribution is -2.51. The third-order valence-corrected chi connectivity index (χ3v) is 8.51. The lowest BCUT2D eigenvalue weighted by molar-refractivity contribution is -0.125. The Morgan fingerprint density at radius 2 is 1.76 bits per heavy atom. The van der Waals surface area contributed by atoms with Gasteiger partial charge in [0.25, 0.3) is 0 Å². The van der Waals surface area contributed by atoms with Gasteiger partial charge in [0.1, 0.15) is 5.92 Å². The number of nitriles is 2. The predicted molar refractivity (Wildman–Crippen MR) is 110 cm³/mol. The molecule has 0 aromatic carbocycles. The molecule has 29 heavy (non-hydrogen) atoms. The van der Waals surface area contributed by atoms with Crippen molar-refractivity contribution in [2.24, 2.45) is 34.5 Å². The molecule has 4 bridgehead atoms. The minimum Gasteiger partial charge on any atom is -0.355 e. The number of amides is 2. The van der Waals surface area contributed by atoms with Crippen molar-refractivity contribution >= 4 is 23.6 Å². The molecule has 0 unspecified atom stereocenters. The molecular weight excluding hydrogens is 384 g/mol. The highest BCUT2D eigenvalue weighted by Crippen LogP contribution is 2.59. The summed E-state index contributed by atoms with van der Waals surface area (Å²) in [7, 11) is 0. The number of carbonyl (C=O) groups excluding carboxylic acids is 2. The van der Waals surface area contributed by atoms with Gasteiger partial charge in [-0.05, 0) is 61.7 Å². The highest BCUT2D eigenvalue weighted by molar-refractivity contribution is 8.03. The van der Waals surface area contributed by atoms with Crippen LogP contribution in [-0.4, -0.2) is 24.1 Å². The lowest BCUT2D eigenvalue weighted by Gasteiger charge is -2.56. The first-order valence-electron chi connectivity index (χ1n) is 10.5. The molecule has 6 nitrogen and oxygen atoms in total. The van der Waals surface area contributed by atoms with Crippen LogP contribution in [-0.2, 0) is 9.59 Å². The minimum atomic E-state index is -0.911. The van der Waals surface area contributed by atoms with Gasteiger partial charge in [0.2, 0.25) is 11.8 Å². The molecule has 1 atom stereocenters. The quantitative estimate of drug-likeness (QED) is 0.722. The van der Waals surface area contributed by atoms with Crippen LogP contribution in [0.1, 0.15) is 52.4 Å². The van der Waals surface area contributed by atoms with E-state index in [0.717, 1.165) is 24.3 Å². The molecule has 4 aliphatic carbocycles. The average Bonchev–Trinajstić information content (AvgIpc) is 2.63. The molecule has 154 valence electrons. The van der Waals surface area contributed by atoms with Gasteiger partial charge in [0, 0.05) is 12.0 Å². The van der Waals surface area contributed by atoms with E-state index in [-0.39, 0.29) is 17.1 Å². The van der Waals surface area contributed by atoms with Gasteiger partial charge < -0.3 is 10.6 Å². The van der Waals surface area contributed by atoms with Gasteiger partial charge in [-0.3, -0.25) is 9.59 Å². The summed E-state index contributed by atoms with van der Waals surface area (Å²) in [6, 6.07) is 4.13. The fourth-order valence-electron chi connectivity index (χ4n) is 6.52. The molecule has 0 aromatic heterocycles. The van der Waals surface area contributed by atoms with Crippen LogP contribution < -0.4 is 10.6 Å². The number of hydrogen-bond acceptors (Lipinski definition) is 5. The zero-order valence-electron chi connectivity index (χ0n) is 17.1. The maximum absolute atomic E-state index is 12.5. The van der Waals surface area contributed by atoms with Crippen LogP contribution in [0.2, 0.25) is 0 Å². The van der Waals surface area contributed by atoms with Crippen molar-refractivity contribution in [3.63, 3.8) is 0 Å². The molecule has 7 heteroatoms.